The molecule has 0 radical (unpaired) electrons. The first-order chi connectivity index (χ1) is 19.2. The van der Waals surface area contributed by atoms with Crippen molar-refractivity contribution in [2.75, 3.05) is 33.2 Å². The van der Waals surface area contributed by atoms with Crippen molar-refractivity contribution in [2.24, 2.45) is 5.73 Å². The van der Waals surface area contributed by atoms with Crippen LogP contribution < -0.4 is 11.1 Å². The predicted molar refractivity (Wildman–Crippen MR) is 155 cm³/mol. The Hall–Kier alpha value is -3.55. The van der Waals surface area contributed by atoms with Crippen LogP contribution in [0.25, 0.3) is 11.1 Å². The van der Waals surface area contributed by atoms with Gasteiger partial charge in [0, 0.05) is 32.6 Å². The zero-order valence-electron chi connectivity index (χ0n) is 22.7. The third-order valence-electron chi connectivity index (χ3n) is 8.06. The van der Waals surface area contributed by atoms with Gasteiger partial charge in [0.25, 0.3) is 0 Å². The second kappa shape index (κ2) is 11.5. The molecule has 3 N–H and O–H groups in total. The summed E-state index contributed by atoms with van der Waals surface area (Å²) in [6.45, 7) is 2.43. The number of aryl methyl sites for hydroxylation is 1. The van der Waals surface area contributed by atoms with Gasteiger partial charge in [-0.3, -0.25) is 4.79 Å². The van der Waals surface area contributed by atoms with Crippen LogP contribution in [0.15, 0.2) is 77.7 Å². The number of amides is 1. The summed E-state index contributed by atoms with van der Waals surface area (Å²) in [7, 11) is -1.52. The third kappa shape index (κ3) is 5.96. The highest BCUT2D eigenvalue weighted by molar-refractivity contribution is 7.89. The Morgan fingerprint density at radius 1 is 0.975 bits per heavy atom. The van der Waals surface area contributed by atoms with E-state index in [9.17, 15) is 18.5 Å². The number of nitrogens with two attached hydrogens (primary N) is 1. The second-order valence-corrected chi connectivity index (χ2v) is 12.8. The van der Waals surface area contributed by atoms with E-state index >= 15 is 0 Å². The zero-order chi connectivity index (χ0) is 28.3. The van der Waals surface area contributed by atoms with Gasteiger partial charge in [0.2, 0.25) is 15.9 Å². The molecule has 9 heteroatoms. The Bertz CT molecular complexity index is 1510. The molecule has 1 aliphatic heterocycles. The molecule has 2 atom stereocenters. The van der Waals surface area contributed by atoms with Crippen LogP contribution in [-0.2, 0) is 34.1 Å². The van der Waals surface area contributed by atoms with Crippen molar-refractivity contribution in [3.63, 3.8) is 0 Å². The smallest absolute Gasteiger partial charge is 0.243 e. The first-order valence-electron chi connectivity index (χ1n) is 13.6. The molecule has 1 aliphatic carbocycles. The summed E-state index contributed by atoms with van der Waals surface area (Å²) in [6, 6.07) is 24.2. The molecular formula is C31H35N5O3S. The molecule has 0 aromatic heterocycles. The molecule has 0 bridgehead atoms. The van der Waals surface area contributed by atoms with Crippen molar-refractivity contribution in [3.05, 3.63) is 89.5 Å². The molecule has 208 valence electrons. The Balaban J connectivity index is 1.21. The molecule has 0 unspecified atom stereocenters. The molecular weight excluding hydrogens is 522 g/mol. The standard InChI is InChI=1S/C31H35N5O3S/c1-35-16-18-36(19-17-35)40(38,39)29-12-10-26(11-13-29)25-8-6-23(7-9-25)20-28(22-32)34-30(37)31(33)15-14-24-4-2-3-5-27(24)21-31/h2-13,28H,14-21,33H2,1H3,(H,34,37)/t28-,31-/m0/s1. The van der Waals surface area contributed by atoms with Gasteiger partial charge in [0.05, 0.1) is 16.5 Å². The van der Waals surface area contributed by atoms with Crippen LogP contribution in [-0.4, -0.2) is 68.3 Å². The lowest BCUT2D eigenvalue weighted by atomic mass is 9.78. The number of nitrogens with one attached hydrogen (secondary N) is 1. The summed E-state index contributed by atoms with van der Waals surface area (Å²) in [6.07, 6.45) is 2.09. The molecule has 40 heavy (non-hydrogen) atoms. The van der Waals surface area contributed by atoms with Gasteiger partial charge in [-0.1, -0.05) is 60.7 Å². The van der Waals surface area contributed by atoms with E-state index in [-0.39, 0.29) is 5.91 Å². The summed E-state index contributed by atoms with van der Waals surface area (Å²) in [5, 5.41) is 12.6. The molecule has 2 aliphatic rings. The lowest BCUT2D eigenvalue weighted by molar-refractivity contribution is -0.127. The van der Waals surface area contributed by atoms with Crippen molar-refractivity contribution in [3.8, 4) is 17.2 Å². The van der Waals surface area contributed by atoms with Crippen molar-refractivity contribution < 1.29 is 13.2 Å². The fourth-order valence-corrected chi connectivity index (χ4v) is 6.87. The number of hydrogen-bond acceptors (Lipinski definition) is 6. The van der Waals surface area contributed by atoms with Gasteiger partial charge in [0.15, 0.2) is 0 Å². The van der Waals surface area contributed by atoms with Gasteiger partial charge in [0.1, 0.15) is 6.04 Å². The largest absolute Gasteiger partial charge is 0.338 e. The van der Waals surface area contributed by atoms with Crippen LogP contribution in [0.4, 0.5) is 0 Å². The third-order valence-corrected chi connectivity index (χ3v) is 9.97. The minimum Gasteiger partial charge on any atom is -0.338 e. The fourth-order valence-electron chi connectivity index (χ4n) is 5.45. The lowest BCUT2D eigenvalue weighted by Gasteiger charge is -2.34. The highest BCUT2D eigenvalue weighted by atomic mass is 32.2. The summed E-state index contributed by atoms with van der Waals surface area (Å²) < 4.78 is 27.6. The predicted octanol–water partition coefficient (Wildman–Crippen LogP) is 2.73. The van der Waals surface area contributed by atoms with Crippen LogP contribution in [0.5, 0.6) is 0 Å². The zero-order valence-corrected chi connectivity index (χ0v) is 23.5. The molecule has 0 saturated carbocycles. The first kappa shape index (κ1) is 28.0. The minimum absolute atomic E-state index is 0.295. The first-order valence-corrected chi connectivity index (χ1v) is 15.1. The van der Waals surface area contributed by atoms with Crippen molar-refractivity contribution in [2.45, 2.75) is 42.2 Å². The maximum Gasteiger partial charge on any atom is 0.243 e. The molecule has 5 rings (SSSR count). The number of nitriles is 1. The Morgan fingerprint density at radius 2 is 1.57 bits per heavy atom. The number of hydrogen-bond donors (Lipinski definition) is 2. The van der Waals surface area contributed by atoms with E-state index in [2.05, 4.69) is 22.4 Å². The fraction of sp³-hybridized carbons (Fsp3) is 0.355. The van der Waals surface area contributed by atoms with Gasteiger partial charge in [-0.15, -0.1) is 0 Å². The monoisotopic (exact) mass is 557 g/mol. The Labute approximate surface area is 236 Å². The van der Waals surface area contributed by atoms with Crippen molar-refractivity contribution >= 4 is 15.9 Å². The summed E-state index contributed by atoms with van der Waals surface area (Å²) in [5.74, 6) is -0.295. The molecule has 0 spiro atoms. The number of piperazine rings is 1. The van der Waals surface area contributed by atoms with Gasteiger partial charge in [-0.05, 0) is 66.3 Å². The highest BCUT2D eigenvalue weighted by Gasteiger charge is 2.38. The van der Waals surface area contributed by atoms with Crippen LogP contribution in [0, 0.1) is 11.3 Å². The maximum atomic E-state index is 13.1. The molecule has 1 heterocycles. The molecule has 1 amide bonds. The van der Waals surface area contributed by atoms with E-state index in [1.165, 1.54) is 5.56 Å². The number of rotatable bonds is 7. The lowest BCUT2D eigenvalue weighted by Crippen LogP contribution is -2.59. The average Bonchev–Trinajstić information content (AvgIpc) is 2.97. The van der Waals surface area contributed by atoms with Crippen LogP contribution in [0.1, 0.15) is 23.1 Å². The number of benzene rings is 3. The van der Waals surface area contributed by atoms with Crippen LogP contribution in [0.3, 0.4) is 0 Å². The van der Waals surface area contributed by atoms with E-state index < -0.39 is 21.6 Å². The quantitative estimate of drug-likeness (QED) is 0.461. The van der Waals surface area contributed by atoms with Gasteiger partial charge in [-0.2, -0.15) is 9.57 Å². The number of carbonyl (C=O) groups is 1. The summed E-state index contributed by atoms with van der Waals surface area (Å²) in [5.41, 5.74) is 10.5. The SMILES string of the molecule is CN1CCN(S(=O)(=O)c2ccc(-c3ccc(C[C@@H](C#N)NC(=O)[C@]4(N)CCc5ccccc5C4)cc3)cc2)CC1. The minimum atomic E-state index is -3.51. The molecule has 8 nitrogen and oxygen atoms in total. The molecule has 1 saturated heterocycles. The number of nitrogens with zero attached hydrogens (tertiary/aromatic N) is 3. The number of sulfonamides is 1. The van der Waals surface area contributed by atoms with E-state index in [4.69, 9.17) is 5.73 Å². The van der Waals surface area contributed by atoms with Crippen molar-refractivity contribution in [1.29, 1.82) is 5.26 Å². The number of likely N-dealkylation sites (N-methyl/N-ethyl adjacent to an activating group) is 1. The normalized spacial score (nSPS) is 20.7. The Morgan fingerprint density at radius 3 is 2.20 bits per heavy atom. The topological polar surface area (TPSA) is 120 Å². The van der Waals surface area contributed by atoms with Crippen LogP contribution >= 0.6 is 0 Å². The average molecular weight is 558 g/mol. The molecule has 1 fully saturated rings. The van der Waals surface area contributed by atoms with Crippen LogP contribution in [0.2, 0.25) is 0 Å². The highest BCUT2D eigenvalue weighted by Crippen LogP contribution is 2.28. The molecule has 3 aromatic rings. The van der Waals surface area contributed by atoms with Gasteiger partial charge >= 0.3 is 0 Å². The van der Waals surface area contributed by atoms with E-state index in [0.29, 0.717) is 37.2 Å². The number of carbonyl (C=O) groups excluding carboxylic acids is 1. The summed E-state index contributed by atoms with van der Waals surface area (Å²) >= 11 is 0. The maximum absolute atomic E-state index is 13.1. The van der Waals surface area contributed by atoms with E-state index in [1.807, 2.05) is 61.6 Å². The summed E-state index contributed by atoms with van der Waals surface area (Å²) in [4.78, 5) is 15.5. The van der Waals surface area contributed by atoms with Crippen molar-refractivity contribution in [1.82, 2.24) is 14.5 Å². The van der Waals surface area contributed by atoms with Gasteiger partial charge in [-0.25, -0.2) is 8.42 Å². The number of fused-ring (bicyclic) bond motifs is 1. The van der Waals surface area contributed by atoms with E-state index in [1.54, 1.807) is 16.4 Å². The molecule has 3 aromatic carbocycles. The van der Waals surface area contributed by atoms with E-state index in [0.717, 1.165) is 41.8 Å². The van der Waals surface area contributed by atoms with Gasteiger partial charge < -0.3 is 16.0 Å². The second-order valence-electron chi connectivity index (χ2n) is 10.9. The Kier molecular flexibility index (Phi) is 8.06.